The first-order valence-electron chi connectivity index (χ1n) is 6.96. The molecule has 1 heterocycles. The van der Waals surface area contributed by atoms with E-state index >= 15 is 0 Å². The summed E-state index contributed by atoms with van der Waals surface area (Å²) in [5.74, 6) is 1.96. The fourth-order valence-corrected chi connectivity index (χ4v) is 2.21. The molecule has 5 nitrogen and oxygen atoms in total. The fraction of sp³-hybridized carbons (Fsp3) is 0.467. The first-order chi connectivity index (χ1) is 9.72. The van der Waals surface area contributed by atoms with Crippen LogP contribution < -0.4 is 0 Å². The first-order valence-corrected chi connectivity index (χ1v) is 6.96. The summed E-state index contributed by atoms with van der Waals surface area (Å²) >= 11 is 0. The van der Waals surface area contributed by atoms with E-state index in [4.69, 9.17) is 4.52 Å². The smallest absolute Gasteiger partial charge is 0.240 e. The Morgan fingerprint density at radius 3 is 2.80 bits per heavy atom. The van der Waals surface area contributed by atoms with E-state index in [1.807, 2.05) is 42.3 Å². The molecule has 5 heteroatoms. The van der Waals surface area contributed by atoms with Gasteiger partial charge < -0.3 is 9.63 Å². The Hall–Kier alpha value is -1.72. The summed E-state index contributed by atoms with van der Waals surface area (Å²) in [6, 6.07) is 9.65. The maximum absolute atomic E-state index is 10.2. The molecule has 20 heavy (non-hydrogen) atoms. The summed E-state index contributed by atoms with van der Waals surface area (Å²) in [7, 11) is 1.94. The van der Waals surface area contributed by atoms with Gasteiger partial charge in [0.05, 0.1) is 12.6 Å². The lowest BCUT2D eigenvalue weighted by atomic mass is 10.1. The van der Waals surface area contributed by atoms with Crippen LogP contribution in [0.15, 0.2) is 34.9 Å². The molecule has 0 bridgehead atoms. The van der Waals surface area contributed by atoms with Crippen LogP contribution in [0.4, 0.5) is 0 Å². The largest absolute Gasteiger partial charge is 0.387 e. The van der Waals surface area contributed by atoms with Crippen molar-refractivity contribution in [3.63, 3.8) is 0 Å². The van der Waals surface area contributed by atoms with Gasteiger partial charge in [0.2, 0.25) is 5.89 Å². The van der Waals surface area contributed by atoms with Crippen molar-refractivity contribution in [2.24, 2.45) is 0 Å². The Bertz CT molecular complexity index is 551. The van der Waals surface area contributed by atoms with Crippen LogP contribution in [0.3, 0.4) is 0 Å². The quantitative estimate of drug-likeness (QED) is 0.873. The Balaban J connectivity index is 1.54. The number of aliphatic hydroxyl groups is 1. The number of nitrogens with zero attached hydrogens (tertiary/aromatic N) is 3. The molecule has 0 aliphatic heterocycles. The van der Waals surface area contributed by atoms with Gasteiger partial charge in [-0.25, -0.2) is 0 Å². The zero-order valence-electron chi connectivity index (χ0n) is 11.6. The minimum Gasteiger partial charge on any atom is -0.387 e. The molecule has 1 aliphatic carbocycles. The van der Waals surface area contributed by atoms with Crippen LogP contribution in [0.1, 0.15) is 42.1 Å². The highest BCUT2D eigenvalue weighted by Gasteiger charge is 2.28. The van der Waals surface area contributed by atoms with Gasteiger partial charge in [-0.2, -0.15) is 4.98 Å². The Morgan fingerprint density at radius 1 is 1.35 bits per heavy atom. The standard InChI is InChI=1S/C15H19N3O2/c1-18(9-13(19)11-5-3-2-4-6-11)10-14-16-15(17-20-14)12-7-8-12/h2-6,12-13,19H,7-10H2,1H3. The van der Waals surface area contributed by atoms with Gasteiger partial charge in [0, 0.05) is 12.5 Å². The molecule has 0 saturated heterocycles. The van der Waals surface area contributed by atoms with Crippen LogP contribution in [-0.4, -0.2) is 33.7 Å². The molecule has 1 saturated carbocycles. The van der Waals surface area contributed by atoms with Crippen molar-refractivity contribution in [1.82, 2.24) is 15.0 Å². The zero-order valence-corrected chi connectivity index (χ0v) is 11.6. The number of hydrogen-bond donors (Lipinski definition) is 1. The Kier molecular flexibility index (Phi) is 3.80. The number of benzene rings is 1. The topological polar surface area (TPSA) is 62.4 Å². The lowest BCUT2D eigenvalue weighted by Gasteiger charge is -2.19. The molecule has 1 fully saturated rings. The molecule has 1 atom stereocenters. The molecule has 1 unspecified atom stereocenters. The third kappa shape index (κ3) is 3.23. The molecule has 0 radical (unpaired) electrons. The average Bonchev–Trinajstić information content (AvgIpc) is 3.20. The molecule has 0 spiro atoms. The van der Waals surface area contributed by atoms with Gasteiger partial charge in [-0.05, 0) is 25.5 Å². The van der Waals surface area contributed by atoms with Gasteiger partial charge in [-0.1, -0.05) is 35.5 Å². The van der Waals surface area contributed by atoms with Crippen molar-refractivity contribution in [1.29, 1.82) is 0 Å². The Morgan fingerprint density at radius 2 is 2.10 bits per heavy atom. The SMILES string of the molecule is CN(Cc1nc(C2CC2)no1)CC(O)c1ccccc1. The molecule has 0 amide bonds. The van der Waals surface area contributed by atoms with Crippen molar-refractivity contribution >= 4 is 0 Å². The van der Waals surface area contributed by atoms with Crippen LogP contribution in [-0.2, 0) is 6.54 Å². The number of aromatic nitrogens is 2. The highest BCUT2D eigenvalue weighted by molar-refractivity contribution is 5.17. The lowest BCUT2D eigenvalue weighted by molar-refractivity contribution is 0.118. The molecule has 106 valence electrons. The maximum atomic E-state index is 10.2. The Labute approximate surface area is 118 Å². The molecule has 2 aromatic rings. The summed E-state index contributed by atoms with van der Waals surface area (Å²) in [4.78, 5) is 6.38. The molecule has 1 aliphatic rings. The summed E-state index contributed by atoms with van der Waals surface area (Å²) in [6.45, 7) is 1.09. The molecule has 3 rings (SSSR count). The van der Waals surface area contributed by atoms with E-state index in [1.54, 1.807) is 0 Å². The van der Waals surface area contributed by atoms with Gasteiger partial charge in [-0.3, -0.25) is 4.90 Å². The molecular formula is C15H19N3O2. The minimum atomic E-state index is -0.507. The second kappa shape index (κ2) is 5.73. The van der Waals surface area contributed by atoms with Gasteiger partial charge in [0.25, 0.3) is 0 Å². The van der Waals surface area contributed by atoms with Crippen LogP contribution in [0.25, 0.3) is 0 Å². The number of likely N-dealkylation sites (N-methyl/N-ethyl adjacent to an activating group) is 1. The van der Waals surface area contributed by atoms with E-state index < -0.39 is 6.10 Å². The van der Waals surface area contributed by atoms with Crippen LogP contribution in [0.5, 0.6) is 0 Å². The predicted molar refractivity (Wildman–Crippen MR) is 74.0 cm³/mol. The summed E-state index contributed by atoms with van der Waals surface area (Å²) < 4.78 is 5.24. The van der Waals surface area contributed by atoms with E-state index in [-0.39, 0.29) is 0 Å². The van der Waals surface area contributed by atoms with Crippen LogP contribution >= 0.6 is 0 Å². The molecular weight excluding hydrogens is 254 g/mol. The summed E-state index contributed by atoms with van der Waals surface area (Å²) in [6.07, 6.45) is 1.83. The predicted octanol–water partition coefficient (Wildman–Crippen LogP) is 2.11. The zero-order chi connectivity index (χ0) is 13.9. The van der Waals surface area contributed by atoms with E-state index in [2.05, 4.69) is 10.1 Å². The monoisotopic (exact) mass is 273 g/mol. The minimum absolute atomic E-state index is 0.507. The third-order valence-electron chi connectivity index (χ3n) is 3.50. The number of rotatable bonds is 6. The molecule has 1 aromatic heterocycles. The second-order valence-corrected chi connectivity index (χ2v) is 5.44. The van der Waals surface area contributed by atoms with Crippen molar-refractivity contribution in [2.75, 3.05) is 13.6 Å². The maximum Gasteiger partial charge on any atom is 0.240 e. The van der Waals surface area contributed by atoms with E-state index in [9.17, 15) is 5.11 Å². The van der Waals surface area contributed by atoms with Crippen molar-refractivity contribution in [2.45, 2.75) is 31.4 Å². The first kappa shape index (κ1) is 13.3. The van der Waals surface area contributed by atoms with Gasteiger partial charge in [0.1, 0.15) is 0 Å². The van der Waals surface area contributed by atoms with Crippen LogP contribution in [0.2, 0.25) is 0 Å². The summed E-state index contributed by atoms with van der Waals surface area (Å²) in [5.41, 5.74) is 0.920. The summed E-state index contributed by atoms with van der Waals surface area (Å²) in [5, 5.41) is 14.2. The highest BCUT2D eigenvalue weighted by atomic mass is 16.5. The average molecular weight is 273 g/mol. The highest BCUT2D eigenvalue weighted by Crippen LogP contribution is 2.38. The van der Waals surface area contributed by atoms with Gasteiger partial charge in [0.15, 0.2) is 5.82 Å². The second-order valence-electron chi connectivity index (χ2n) is 5.44. The van der Waals surface area contributed by atoms with Gasteiger partial charge >= 0.3 is 0 Å². The molecule has 1 aromatic carbocycles. The van der Waals surface area contributed by atoms with Crippen molar-refractivity contribution in [3.8, 4) is 0 Å². The van der Waals surface area contributed by atoms with Crippen molar-refractivity contribution in [3.05, 3.63) is 47.6 Å². The van der Waals surface area contributed by atoms with Crippen LogP contribution in [0, 0.1) is 0 Å². The van der Waals surface area contributed by atoms with Gasteiger partial charge in [-0.15, -0.1) is 0 Å². The normalized spacial score (nSPS) is 16.6. The molecule has 1 N–H and O–H groups in total. The van der Waals surface area contributed by atoms with E-state index in [1.165, 1.54) is 12.8 Å². The fourth-order valence-electron chi connectivity index (χ4n) is 2.21. The third-order valence-corrected chi connectivity index (χ3v) is 3.50. The van der Waals surface area contributed by atoms with E-state index in [0.717, 1.165) is 11.4 Å². The van der Waals surface area contributed by atoms with Crippen molar-refractivity contribution < 1.29 is 9.63 Å². The van der Waals surface area contributed by atoms with E-state index in [0.29, 0.717) is 24.9 Å². The number of hydrogen-bond acceptors (Lipinski definition) is 5. The lowest BCUT2D eigenvalue weighted by Crippen LogP contribution is -2.24. The number of aliphatic hydroxyl groups excluding tert-OH is 1.